The van der Waals surface area contributed by atoms with Crippen LogP contribution in [0.3, 0.4) is 0 Å². The van der Waals surface area contributed by atoms with Crippen molar-refractivity contribution in [2.75, 3.05) is 19.8 Å². The molecular formula is C14H16N2O3S2. The Labute approximate surface area is 130 Å². The third kappa shape index (κ3) is 3.49. The molecule has 1 fully saturated rings. The third-order valence-corrected chi connectivity index (χ3v) is 5.23. The monoisotopic (exact) mass is 324 g/mol. The van der Waals surface area contributed by atoms with E-state index < -0.39 is 5.60 Å². The fraction of sp³-hybridized carbons (Fsp3) is 0.429. The molecule has 21 heavy (non-hydrogen) atoms. The number of nitrogens with one attached hydrogen (secondary N) is 1. The van der Waals surface area contributed by atoms with E-state index >= 15 is 0 Å². The Morgan fingerprint density at radius 2 is 2.29 bits per heavy atom. The van der Waals surface area contributed by atoms with E-state index in [9.17, 15) is 9.90 Å². The van der Waals surface area contributed by atoms with Crippen molar-refractivity contribution in [1.82, 2.24) is 10.3 Å². The molecule has 1 aliphatic heterocycles. The smallest absolute Gasteiger partial charge is 0.263 e. The minimum absolute atomic E-state index is 0.186. The molecule has 3 rings (SSSR count). The van der Waals surface area contributed by atoms with Gasteiger partial charge >= 0.3 is 0 Å². The van der Waals surface area contributed by atoms with Crippen molar-refractivity contribution >= 4 is 28.6 Å². The Hall–Kier alpha value is -1.28. The van der Waals surface area contributed by atoms with Crippen LogP contribution in [0.4, 0.5) is 0 Å². The van der Waals surface area contributed by atoms with Gasteiger partial charge in [-0.05, 0) is 11.4 Å². The number of aliphatic hydroxyl groups is 1. The van der Waals surface area contributed by atoms with Crippen molar-refractivity contribution in [3.05, 3.63) is 27.9 Å². The molecule has 1 amide bonds. The lowest BCUT2D eigenvalue weighted by Gasteiger charge is -2.31. The SMILES string of the molecule is O=C(NCC1(O)CCOCC1)c1cnc(-c2ccsc2)s1. The Morgan fingerprint density at radius 3 is 3.00 bits per heavy atom. The zero-order chi connectivity index (χ0) is 14.7. The van der Waals surface area contributed by atoms with Crippen LogP contribution in [0.2, 0.25) is 0 Å². The van der Waals surface area contributed by atoms with E-state index in [2.05, 4.69) is 10.3 Å². The zero-order valence-electron chi connectivity index (χ0n) is 11.4. The maximum absolute atomic E-state index is 12.1. The van der Waals surface area contributed by atoms with Gasteiger partial charge in [-0.15, -0.1) is 11.3 Å². The van der Waals surface area contributed by atoms with Crippen LogP contribution in [0.5, 0.6) is 0 Å². The second kappa shape index (κ2) is 6.23. The standard InChI is InChI=1S/C14H16N2O3S2/c17-12(16-9-14(18)2-4-19-5-3-14)11-7-15-13(21-11)10-1-6-20-8-10/h1,6-8,18H,2-5,9H2,(H,16,17). The number of carbonyl (C=O) groups is 1. The molecule has 0 bridgehead atoms. The molecule has 0 saturated carbocycles. The predicted molar refractivity (Wildman–Crippen MR) is 82.8 cm³/mol. The van der Waals surface area contributed by atoms with Crippen LogP contribution < -0.4 is 5.32 Å². The Balaban J connectivity index is 1.61. The molecule has 7 heteroatoms. The first-order valence-electron chi connectivity index (χ1n) is 6.73. The second-order valence-corrected chi connectivity index (χ2v) is 6.87. The van der Waals surface area contributed by atoms with E-state index in [-0.39, 0.29) is 12.5 Å². The molecule has 0 aliphatic carbocycles. The lowest BCUT2D eigenvalue weighted by atomic mass is 9.94. The lowest BCUT2D eigenvalue weighted by molar-refractivity contribution is -0.0605. The van der Waals surface area contributed by atoms with Gasteiger partial charge in [-0.1, -0.05) is 0 Å². The molecule has 0 spiro atoms. The fourth-order valence-corrected chi connectivity index (χ4v) is 3.70. The first-order chi connectivity index (χ1) is 10.2. The molecule has 3 heterocycles. The second-order valence-electron chi connectivity index (χ2n) is 5.06. The summed E-state index contributed by atoms with van der Waals surface area (Å²) in [5, 5.41) is 17.9. The molecule has 112 valence electrons. The number of amides is 1. The number of hydrogen-bond acceptors (Lipinski definition) is 6. The number of carbonyl (C=O) groups excluding carboxylic acids is 1. The highest BCUT2D eigenvalue weighted by molar-refractivity contribution is 7.17. The largest absolute Gasteiger partial charge is 0.388 e. The molecule has 2 aromatic heterocycles. The van der Waals surface area contributed by atoms with Gasteiger partial charge in [0.2, 0.25) is 0 Å². The molecule has 0 radical (unpaired) electrons. The van der Waals surface area contributed by atoms with Gasteiger partial charge in [0.15, 0.2) is 0 Å². The minimum Gasteiger partial charge on any atom is -0.388 e. The number of thiazole rings is 1. The quantitative estimate of drug-likeness (QED) is 0.904. The summed E-state index contributed by atoms with van der Waals surface area (Å²) in [6.45, 7) is 1.32. The highest BCUT2D eigenvalue weighted by Crippen LogP contribution is 2.27. The number of ether oxygens (including phenoxy) is 1. The number of thiophene rings is 1. The molecule has 0 aromatic carbocycles. The summed E-state index contributed by atoms with van der Waals surface area (Å²) in [6.07, 6.45) is 2.69. The topological polar surface area (TPSA) is 71.5 Å². The first kappa shape index (κ1) is 14.6. The van der Waals surface area contributed by atoms with Crippen molar-refractivity contribution in [2.24, 2.45) is 0 Å². The predicted octanol–water partition coefficient (Wildman–Crippen LogP) is 2.14. The van der Waals surface area contributed by atoms with Gasteiger partial charge in [0.1, 0.15) is 9.88 Å². The van der Waals surface area contributed by atoms with Crippen LogP contribution in [0.15, 0.2) is 23.0 Å². The summed E-state index contributed by atoms with van der Waals surface area (Å²) in [5.74, 6) is -0.186. The molecule has 2 N–H and O–H groups in total. The van der Waals surface area contributed by atoms with Gasteiger partial charge in [0.05, 0.1) is 11.8 Å². The van der Waals surface area contributed by atoms with Gasteiger partial charge in [-0.3, -0.25) is 4.79 Å². The summed E-state index contributed by atoms with van der Waals surface area (Å²) in [6, 6.07) is 1.98. The van der Waals surface area contributed by atoms with E-state index in [0.717, 1.165) is 10.6 Å². The van der Waals surface area contributed by atoms with Crippen molar-refractivity contribution in [2.45, 2.75) is 18.4 Å². The Bertz CT molecular complexity index is 604. The van der Waals surface area contributed by atoms with Crippen LogP contribution in [-0.2, 0) is 4.74 Å². The number of nitrogens with zero attached hydrogens (tertiary/aromatic N) is 1. The van der Waals surface area contributed by atoms with Crippen LogP contribution >= 0.6 is 22.7 Å². The molecule has 5 nitrogen and oxygen atoms in total. The lowest BCUT2D eigenvalue weighted by Crippen LogP contribution is -2.46. The number of rotatable bonds is 4. The van der Waals surface area contributed by atoms with Gasteiger partial charge in [0.25, 0.3) is 5.91 Å². The number of aromatic nitrogens is 1. The highest BCUT2D eigenvalue weighted by atomic mass is 32.1. The average molecular weight is 324 g/mol. The van der Waals surface area contributed by atoms with E-state index in [1.54, 1.807) is 17.5 Å². The molecule has 1 aliphatic rings. The highest BCUT2D eigenvalue weighted by Gasteiger charge is 2.30. The van der Waals surface area contributed by atoms with E-state index in [0.29, 0.717) is 30.9 Å². The van der Waals surface area contributed by atoms with Gasteiger partial charge in [0, 0.05) is 43.5 Å². The maximum Gasteiger partial charge on any atom is 0.263 e. The van der Waals surface area contributed by atoms with Gasteiger partial charge < -0.3 is 15.2 Å². The number of hydrogen-bond donors (Lipinski definition) is 2. The van der Waals surface area contributed by atoms with Crippen molar-refractivity contribution in [3.63, 3.8) is 0 Å². The van der Waals surface area contributed by atoms with Crippen molar-refractivity contribution < 1.29 is 14.6 Å². The molecule has 0 atom stereocenters. The van der Waals surface area contributed by atoms with Crippen molar-refractivity contribution in [1.29, 1.82) is 0 Å². The van der Waals surface area contributed by atoms with Crippen LogP contribution in [0.1, 0.15) is 22.5 Å². The van der Waals surface area contributed by atoms with Crippen LogP contribution in [0, 0.1) is 0 Å². The summed E-state index contributed by atoms with van der Waals surface area (Å²) in [5.41, 5.74) is 0.182. The molecular weight excluding hydrogens is 308 g/mol. The minimum atomic E-state index is -0.852. The fourth-order valence-electron chi connectivity index (χ4n) is 2.16. The van der Waals surface area contributed by atoms with E-state index in [4.69, 9.17) is 4.74 Å². The Morgan fingerprint density at radius 1 is 1.48 bits per heavy atom. The maximum atomic E-state index is 12.1. The first-order valence-corrected chi connectivity index (χ1v) is 8.49. The van der Waals surface area contributed by atoms with Crippen LogP contribution in [0.25, 0.3) is 10.6 Å². The molecule has 1 saturated heterocycles. The Kier molecular flexibility index (Phi) is 4.34. The summed E-state index contributed by atoms with van der Waals surface area (Å²) >= 11 is 2.96. The van der Waals surface area contributed by atoms with Gasteiger partial charge in [-0.25, -0.2) is 4.98 Å². The van der Waals surface area contributed by atoms with E-state index in [1.807, 2.05) is 16.8 Å². The average Bonchev–Trinajstić information content (AvgIpc) is 3.16. The summed E-state index contributed by atoms with van der Waals surface area (Å²) < 4.78 is 5.22. The van der Waals surface area contributed by atoms with Gasteiger partial charge in [-0.2, -0.15) is 11.3 Å². The normalized spacial score (nSPS) is 17.6. The molecule has 2 aromatic rings. The summed E-state index contributed by atoms with van der Waals surface area (Å²) in [4.78, 5) is 17.0. The molecule has 0 unspecified atom stereocenters. The van der Waals surface area contributed by atoms with Crippen LogP contribution in [-0.4, -0.2) is 41.4 Å². The zero-order valence-corrected chi connectivity index (χ0v) is 13.0. The van der Waals surface area contributed by atoms with E-state index in [1.165, 1.54) is 11.3 Å². The third-order valence-electron chi connectivity index (χ3n) is 3.50. The summed E-state index contributed by atoms with van der Waals surface area (Å²) in [7, 11) is 0. The van der Waals surface area contributed by atoms with Crippen molar-refractivity contribution in [3.8, 4) is 10.6 Å².